The number of aliphatic hydroxyl groups is 1. The standard InChI is InChI=1S/C10H11F3N4O/c1-5-4-6(10(11,12)13)7-8(14)16-17(2-3-18)9(7)15-5/h4,18H,2-3H2,1H3,(H2,14,16). The van der Waals surface area contributed by atoms with Crippen molar-refractivity contribution in [2.45, 2.75) is 19.6 Å². The minimum atomic E-state index is -4.52. The molecule has 3 N–H and O–H groups in total. The van der Waals surface area contributed by atoms with Gasteiger partial charge in [-0.05, 0) is 13.0 Å². The van der Waals surface area contributed by atoms with Crippen LogP contribution in [-0.4, -0.2) is 26.5 Å². The molecule has 0 unspecified atom stereocenters. The molecule has 0 aliphatic carbocycles. The number of nitrogen functional groups attached to an aromatic ring is 1. The van der Waals surface area contributed by atoms with Gasteiger partial charge in [0, 0.05) is 5.69 Å². The van der Waals surface area contributed by atoms with Gasteiger partial charge in [-0.25, -0.2) is 9.67 Å². The third-order valence-corrected chi connectivity index (χ3v) is 2.47. The van der Waals surface area contributed by atoms with Crippen molar-refractivity contribution in [1.29, 1.82) is 0 Å². The van der Waals surface area contributed by atoms with E-state index in [4.69, 9.17) is 10.8 Å². The predicted molar refractivity (Wildman–Crippen MR) is 58.8 cm³/mol. The number of fused-ring (bicyclic) bond motifs is 1. The van der Waals surface area contributed by atoms with Crippen molar-refractivity contribution in [3.8, 4) is 0 Å². The predicted octanol–water partition coefficient (Wildman–Crippen LogP) is 1.33. The molecule has 0 amide bonds. The summed E-state index contributed by atoms with van der Waals surface area (Å²) in [6.07, 6.45) is -4.52. The average Bonchev–Trinajstić information content (AvgIpc) is 2.54. The van der Waals surface area contributed by atoms with E-state index < -0.39 is 11.7 Å². The van der Waals surface area contributed by atoms with Gasteiger partial charge in [-0.1, -0.05) is 0 Å². The van der Waals surface area contributed by atoms with E-state index in [0.717, 1.165) is 6.07 Å². The van der Waals surface area contributed by atoms with E-state index >= 15 is 0 Å². The van der Waals surface area contributed by atoms with Crippen LogP contribution >= 0.6 is 0 Å². The number of aryl methyl sites for hydroxylation is 1. The Morgan fingerprint density at radius 1 is 1.44 bits per heavy atom. The molecule has 2 aromatic heterocycles. The smallest absolute Gasteiger partial charge is 0.394 e. The summed E-state index contributed by atoms with van der Waals surface area (Å²) in [5.74, 6) is -0.238. The molecule has 0 spiro atoms. The number of nitrogens with zero attached hydrogens (tertiary/aromatic N) is 3. The average molecular weight is 260 g/mol. The summed E-state index contributed by atoms with van der Waals surface area (Å²) >= 11 is 0. The number of aliphatic hydroxyl groups excluding tert-OH is 1. The Morgan fingerprint density at radius 3 is 2.67 bits per heavy atom. The summed E-state index contributed by atoms with van der Waals surface area (Å²) in [6.45, 7) is 1.25. The number of halogens is 3. The molecule has 0 saturated carbocycles. The van der Waals surface area contributed by atoms with E-state index in [9.17, 15) is 13.2 Å². The minimum absolute atomic E-state index is 0.0360. The van der Waals surface area contributed by atoms with Crippen molar-refractivity contribution in [2.75, 3.05) is 12.3 Å². The molecule has 0 aromatic carbocycles. The maximum Gasteiger partial charge on any atom is 0.417 e. The fourth-order valence-corrected chi connectivity index (χ4v) is 1.80. The van der Waals surface area contributed by atoms with Crippen molar-refractivity contribution in [3.05, 3.63) is 17.3 Å². The Kier molecular flexibility index (Phi) is 2.89. The van der Waals surface area contributed by atoms with Crippen molar-refractivity contribution in [3.63, 3.8) is 0 Å². The molecule has 8 heteroatoms. The number of nitrogens with two attached hydrogens (primary N) is 1. The first kappa shape index (κ1) is 12.6. The number of anilines is 1. The zero-order chi connectivity index (χ0) is 13.5. The van der Waals surface area contributed by atoms with E-state index in [2.05, 4.69) is 10.1 Å². The van der Waals surface area contributed by atoms with E-state index in [1.165, 1.54) is 11.6 Å². The Labute approximate surface area is 100 Å². The third-order valence-electron chi connectivity index (χ3n) is 2.47. The van der Waals surface area contributed by atoms with Crippen LogP contribution in [0.4, 0.5) is 19.0 Å². The number of rotatable bonds is 2. The Morgan fingerprint density at radius 2 is 2.11 bits per heavy atom. The van der Waals surface area contributed by atoms with Gasteiger partial charge in [0.25, 0.3) is 0 Å². The number of hydrogen-bond acceptors (Lipinski definition) is 4. The molecule has 2 aromatic rings. The molecular formula is C10H11F3N4O. The Balaban J connectivity index is 2.80. The van der Waals surface area contributed by atoms with E-state index in [0.29, 0.717) is 0 Å². The molecular weight excluding hydrogens is 249 g/mol. The first-order chi connectivity index (χ1) is 8.34. The largest absolute Gasteiger partial charge is 0.417 e. The highest BCUT2D eigenvalue weighted by atomic mass is 19.4. The highest BCUT2D eigenvalue weighted by Gasteiger charge is 2.35. The molecule has 0 aliphatic heterocycles. The highest BCUT2D eigenvalue weighted by Crippen LogP contribution is 2.37. The normalized spacial score (nSPS) is 12.3. The van der Waals surface area contributed by atoms with Gasteiger partial charge in [0.05, 0.1) is 24.1 Å². The zero-order valence-electron chi connectivity index (χ0n) is 9.49. The fourth-order valence-electron chi connectivity index (χ4n) is 1.80. The number of alkyl halides is 3. The fraction of sp³-hybridized carbons (Fsp3) is 0.400. The number of hydrogen-bond donors (Lipinski definition) is 2. The summed E-state index contributed by atoms with van der Waals surface area (Å²) in [4.78, 5) is 4.00. The first-order valence-electron chi connectivity index (χ1n) is 5.16. The summed E-state index contributed by atoms with van der Waals surface area (Å²) in [7, 11) is 0. The summed E-state index contributed by atoms with van der Waals surface area (Å²) in [5, 5.41) is 12.4. The van der Waals surface area contributed by atoms with Crippen LogP contribution in [0.15, 0.2) is 6.07 Å². The van der Waals surface area contributed by atoms with Gasteiger partial charge in [-0.15, -0.1) is 0 Å². The molecule has 2 heterocycles. The van der Waals surface area contributed by atoms with E-state index in [-0.39, 0.29) is 35.7 Å². The second-order valence-electron chi connectivity index (χ2n) is 3.84. The number of aromatic nitrogens is 3. The van der Waals surface area contributed by atoms with E-state index in [1.807, 2.05) is 0 Å². The van der Waals surface area contributed by atoms with Gasteiger partial charge >= 0.3 is 6.18 Å². The van der Waals surface area contributed by atoms with Crippen molar-refractivity contribution in [1.82, 2.24) is 14.8 Å². The second kappa shape index (κ2) is 4.13. The molecule has 2 rings (SSSR count). The lowest BCUT2D eigenvalue weighted by Crippen LogP contribution is -2.09. The summed E-state index contributed by atoms with van der Waals surface area (Å²) < 4.78 is 39.9. The summed E-state index contributed by atoms with van der Waals surface area (Å²) in [5.41, 5.74) is 4.90. The van der Waals surface area contributed by atoms with Crippen LogP contribution in [-0.2, 0) is 12.7 Å². The second-order valence-corrected chi connectivity index (χ2v) is 3.84. The zero-order valence-corrected chi connectivity index (χ0v) is 9.49. The first-order valence-corrected chi connectivity index (χ1v) is 5.16. The maximum absolute atomic E-state index is 12.9. The van der Waals surface area contributed by atoms with Crippen LogP contribution in [0.5, 0.6) is 0 Å². The van der Waals surface area contributed by atoms with Crippen molar-refractivity contribution in [2.24, 2.45) is 0 Å². The van der Waals surface area contributed by atoms with Gasteiger partial charge in [0.15, 0.2) is 11.5 Å². The lowest BCUT2D eigenvalue weighted by Gasteiger charge is -2.09. The molecule has 18 heavy (non-hydrogen) atoms. The minimum Gasteiger partial charge on any atom is -0.394 e. The molecule has 0 bridgehead atoms. The lowest BCUT2D eigenvalue weighted by atomic mass is 10.1. The molecule has 0 fully saturated rings. The number of pyridine rings is 1. The molecule has 0 radical (unpaired) electrons. The van der Waals surface area contributed by atoms with Crippen LogP contribution in [0.1, 0.15) is 11.3 Å². The molecule has 0 atom stereocenters. The van der Waals surface area contributed by atoms with Crippen molar-refractivity contribution < 1.29 is 18.3 Å². The van der Waals surface area contributed by atoms with Gasteiger partial charge in [0.2, 0.25) is 0 Å². The summed E-state index contributed by atoms with van der Waals surface area (Å²) in [6, 6.07) is 0.934. The SMILES string of the molecule is Cc1cc(C(F)(F)F)c2c(N)nn(CCO)c2n1. The van der Waals surface area contributed by atoms with Gasteiger partial charge in [0.1, 0.15) is 0 Å². The monoisotopic (exact) mass is 260 g/mol. The Hall–Kier alpha value is -1.83. The van der Waals surface area contributed by atoms with E-state index in [1.54, 1.807) is 0 Å². The van der Waals surface area contributed by atoms with Gasteiger partial charge in [-0.3, -0.25) is 0 Å². The van der Waals surface area contributed by atoms with Crippen LogP contribution in [0.3, 0.4) is 0 Å². The van der Waals surface area contributed by atoms with Crippen molar-refractivity contribution >= 4 is 16.9 Å². The van der Waals surface area contributed by atoms with Gasteiger partial charge in [-0.2, -0.15) is 18.3 Å². The molecule has 98 valence electrons. The van der Waals surface area contributed by atoms with Gasteiger partial charge < -0.3 is 10.8 Å². The maximum atomic E-state index is 12.9. The molecule has 5 nitrogen and oxygen atoms in total. The lowest BCUT2D eigenvalue weighted by molar-refractivity contribution is -0.136. The van der Waals surface area contributed by atoms with Crippen LogP contribution in [0.2, 0.25) is 0 Å². The molecule has 0 aliphatic rings. The quantitative estimate of drug-likeness (QED) is 0.854. The highest BCUT2D eigenvalue weighted by molar-refractivity contribution is 5.90. The topological polar surface area (TPSA) is 77.0 Å². The Bertz CT molecular complexity index is 591. The molecule has 0 saturated heterocycles. The third kappa shape index (κ3) is 1.99. The van der Waals surface area contributed by atoms with Crippen LogP contribution < -0.4 is 5.73 Å². The van der Waals surface area contributed by atoms with Crippen LogP contribution in [0, 0.1) is 6.92 Å². The van der Waals surface area contributed by atoms with Crippen LogP contribution in [0.25, 0.3) is 11.0 Å².